The van der Waals surface area contributed by atoms with Gasteiger partial charge >= 0.3 is 0 Å². The molecule has 2 heterocycles. The monoisotopic (exact) mass is 332 g/mol. The molecule has 1 aromatic heterocycles. The highest BCUT2D eigenvalue weighted by molar-refractivity contribution is 5.93. The van der Waals surface area contributed by atoms with Gasteiger partial charge in [-0.05, 0) is 51.1 Å². The van der Waals surface area contributed by atoms with Crippen LogP contribution in [0.15, 0.2) is 0 Å². The molecule has 2 aliphatic rings. The van der Waals surface area contributed by atoms with Crippen molar-refractivity contribution in [2.75, 3.05) is 27.2 Å². The van der Waals surface area contributed by atoms with Gasteiger partial charge in [-0.1, -0.05) is 20.3 Å². The Morgan fingerprint density at radius 2 is 1.96 bits per heavy atom. The summed E-state index contributed by atoms with van der Waals surface area (Å²) in [6, 6.07) is 0.586. The number of rotatable bonds is 4. The summed E-state index contributed by atoms with van der Waals surface area (Å²) in [7, 11) is 3.64. The van der Waals surface area contributed by atoms with Crippen molar-refractivity contribution in [1.82, 2.24) is 19.6 Å². The third kappa shape index (κ3) is 3.51. The summed E-state index contributed by atoms with van der Waals surface area (Å²) in [5.41, 5.74) is 3.22. The van der Waals surface area contributed by atoms with Crippen LogP contribution in [0, 0.1) is 5.92 Å². The highest BCUT2D eigenvalue weighted by Crippen LogP contribution is 2.30. The van der Waals surface area contributed by atoms with E-state index in [1.54, 1.807) is 4.90 Å². The quantitative estimate of drug-likeness (QED) is 0.851. The van der Waals surface area contributed by atoms with Crippen molar-refractivity contribution in [2.45, 2.75) is 65.0 Å². The van der Waals surface area contributed by atoms with Gasteiger partial charge in [0, 0.05) is 37.9 Å². The smallest absolute Gasteiger partial charge is 0.274 e. The van der Waals surface area contributed by atoms with Gasteiger partial charge in [-0.15, -0.1) is 0 Å². The maximum Gasteiger partial charge on any atom is 0.274 e. The van der Waals surface area contributed by atoms with E-state index in [4.69, 9.17) is 5.10 Å². The second kappa shape index (κ2) is 7.26. The number of carbonyl (C=O) groups excluding carboxylic acids is 1. The Bertz CT molecular complexity index is 584. The molecule has 0 N–H and O–H groups in total. The second-order valence-electron chi connectivity index (χ2n) is 8.04. The Morgan fingerprint density at radius 1 is 1.25 bits per heavy atom. The summed E-state index contributed by atoms with van der Waals surface area (Å²) < 4.78 is 2.11. The fourth-order valence-corrected chi connectivity index (χ4v) is 4.15. The summed E-state index contributed by atoms with van der Waals surface area (Å²) in [5.74, 6) is 0.587. The van der Waals surface area contributed by atoms with Crippen LogP contribution in [0.1, 0.15) is 61.3 Å². The molecule has 0 bridgehead atoms. The van der Waals surface area contributed by atoms with Gasteiger partial charge in [0.15, 0.2) is 5.69 Å². The van der Waals surface area contributed by atoms with Crippen molar-refractivity contribution in [3.8, 4) is 0 Å². The largest absolute Gasteiger partial charge is 0.343 e. The van der Waals surface area contributed by atoms with Crippen LogP contribution in [0.25, 0.3) is 0 Å². The molecule has 24 heavy (non-hydrogen) atoms. The lowest BCUT2D eigenvalue weighted by atomic mass is 9.89. The molecule has 0 radical (unpaired) electrons. The van der Waals surface area contributed by atoms with Crippen molar-refractivity contribution in [1.29, 1.82) is 0 Å². The molecule has 1 aliphatic heterocycles. The number of nitrogens with zero attached hydrogens (tertiary/aromatic N) is 4. The Labute approximate surface area is 146 Å². The van der Waals surface area contributed by atoms with Gasteiger partial charge in [0.25, 0.3) is 5.91 Å². The molecular formula is C19H32N4O. The standard InChI is InChI=1S/C19H32N4O/c1-14(2)13-23-17-9-8-15(22-10-6-5-7-11-22)12-16(17)18(20-23)19(24)21(3)4/h14-15H,5-13H2,1-4H3. The Morgan fingerprint density at radius 3 is 2.58 bits per heavy atom. The number of fused-ring (bicyclic) bond motifs is 1. The predicted octanol–water partition coefficient (Wildman–Crippen LogP) is 2.58. The van der Waals surface area contributed by atoms with Gasteiger partial charge in [0.2, 0.25) is 0 Å². The minimum Gasteiger partial charge on any atom is -0.343 e. The molecule has 1 atom stereocenters. The molecular weight excluding hydrogens is 300 g/mol. The molecule has 1 amide bonds. The van der Waals surface area contributed by atoms with Crippen molar-refractivity contribution in [3.05, 3.63) is 17.0 Å². The first kappa shape index (κ1) is 17.5. The fourth-order valence-electron chi connectivity index (χ4n) is 4.15. The van der Waals surface area contributed by atoms with Crippen molar-refractivity contribution in [3.63, 3.8) is 0 Å². The van der Waals surface area contributed by atoms with E-state index in [2.05, 4.69) is 23.4 Å². The lowest BCUT2D eigenvalue weighted by molar-refractivity contribution is 0.0818. The van der Waals surface area contributed by atoms with Gasteiger partial charge in [0.1, 0.15) is 0 Å². The number of hydrogen-bond acceptors (Lipinski definition) is 3. The van der Waals surface area contributed by atoms with Crippen LogP contribution in [-0.4, -0.2) is 58.7 Å². The minimum atomic E-state index is 0.0491. The number of amides is 1. The number of aromatic nitrogens is 2. The Balaban J connectivity index is 1.89. The summed E-state index contributed by atoms with van der Waals surface area (Å²) in [4.78, 5) is 16.9. The molecule has 5 heteroatoms. The molecule has 1 unspecified atom stereocenters. The molecule has 3 rings (SSSR count). The molecule has 1 aliphatic carbocycles. The lowest BCUT2D eigenvalue weighted by Crippen LogP contribution is -2.42. The van der Waals surface area contributed by atoms with E-state index in [9.17, 15) is 4.79 Å². The van der Waals surface area contributed by atoms with Crippen molar-refractivity contribution >= 4 is 5.91 Å². The molecule has 0 saturated carbocycles. The molecule has 0 aromatic carbocycles. The van der Waals surface area contributed by atoms with Crippen molar-refractivity contribution < 1.29 is 4.79 Å². The Kier molecular flexibility index (Phi) is 5.28. The number of likely N-dealkylation sites (tertiary alicyclic amines) is 1. The fraction of sp³-hybridized carbons (Fsp3) is 0.789. The average Bonchev–Trinajstić information content (AvgIpc) is 2.92. The minimum absolute atomic E-state index is 0.0491. The van der Waals surface area contributed by atoms with E-state index in [-0.39, 0.29) is 5.91 Å². The highest BCUT2D eigenvalue weighted by atomic mass is 16.2. The van der Waals surface area contributed by atoms with E-state index in [0.717, 1.165) is 19.4 Å². The van der Waals surface area contributed by atoms with Gasteiger partial charge in [-0.2, -0.15) is 5.10 Å². The van der Waals surface area contributed by atoms with E-state index in [1.807, 2.05) is 14.1 Å². The molecule has 1 aromatic rings. The SMILES string of the molecule is CC(C)Cn1nc(C(=O)N(C)C)c2c1CCC(N1CCCCC1)C2. The molecule has 1 saturated heterocycles. The van der Waals surface area contributed by atoms with Crippen molar-refractivity contribution in [2.24, 2.45) is 5.92 Å². The van der Waals surface area contributed by atoms with Gasteiger partial charge < -0.3 is 9.80 Å². The zero-order valence-electron chi connectivity index (χ0n) is 15.7. The zero-order valence-corrected chi connectivity index (χ0v) is 15.7. The summed E-state index contributed by atoms with van der Waals surface area (Å²) in [5, 5.41) is 4.74. The number of hydrogen-bond donors (Lipinski definition) is 0. The Hall–Kier alpha value is -1.36. The summed E-state index contributed by atoms with van der Waals surface area (Å²) in [6.45, 7) is 7.76. The molecule has 5 nitrogen and oxygen atoms in total. The highest BCUT2D eigenvalue weighted by Gasteiger charge is 2.32. The summed E-state index contributed by atoms with van der Waals surface area (Å²) in [6.07, 6.45) is 7.25. The number of piperidine rings is 1. The molecule has 1 fully saturated rings. The first-order valence-electron chi connectivity index (χ1n) is 9.51. The van der Waals surface area contributed by atoms with Crippen LogP contribution in [0.5, 0.6) is 0 Å². The lowest BCUT2D eigenvalue weighted by Gasteiger charge is -2.37. The first-order valence-corrected chi connectivity index (χ1v) is 9.51. The van der Waals surface area contributed by atoms with Crippen LogP contribution >= 0.6 is 0 Å². The third-order valence-electron chi connectivity index (χ3n) is 5.37. The van der Waals surface area contributed by atoms with Crippen LogP contribution < -0.4 is 0 Å². The second-order valence-corrected chi connectivity index (χ2v) is 8.04. The molecule has 134 valence electrons. The maximum absolute atomic E-state index is 12.6. The van der Waals surface area contributed by atoms with Gasteiger partial charge in [-0.25, -0.2) is 0 Å². The summed E-state index contributed by atoms with van der Waals surface area (Å²) >= 11 is 0. The van der Waals surface area contributed by atoms with E-state index >= 15 is 0 Å². The van der Waals surface area contributed by atoms with Crippen LogP contribution in [0.3, 0.4) is 0 Å². The topological polar surface area (TPSA) is 41.4 Å². The van der Waals surface area contributed by atoms with E-state index < -0.39 is 0 Å². The van der Waals surface area contributed by atoms with Crippen LogP contribution in [-0.2, 0) is 19.4 Å². The van der Waals surface area contributed by atoms with E-state index in [0.29, 0.717) is 17.7 Å². The van der Waals surface area contributed by atoms with Crippen LogP contribution in [0.2, 0.25) is 0 Å². The predicted molar refractivity (Wildman–Crippen MR) is 96.3 cm³/mol. The zero-order chi connectivity index (χ0) is 17.3. The van der Waals surface area contributed by atoms with E-state index in [1.165, 1.54) is 50.0 Å². The maximum atomic E-state index is 12.6. The first-order chi connectivity index (χ1) is 11.5. The van der Waals surface area contributed by atoms with Gasteiger partial charge in [0.05, 0.1) is 0 Å². The van der Waals surface area contributed by atoms with Crippen LogP contribution in [0.4, 0.5) is 0 Å². The normalized spacial score (nSPS) is 21.8. The van der Waals surface area contributed by atoms with Gasteiger partial charge in [-0.3, -0.25) is 9.48 Å². The average molecular weight is 332 g/mol. The number of carbonyl (C=O) groups is 1. The molecule has 0 spiro atoms. The third-order valence-corrected chi connectivity index (χ3v) is 5.37.